The van der Waals surface area contributed by atoms with E-state index in [2.05, 4.69) is 77.7 Å². The Morgan fingerprint density at radius 3 is 1.36 bits per heavy atom. The first kappa shape index (κ1) is 48.1. The number of aliphatic imine (C=N–C) groups is 2. The summed E-state index contributed by atoms with van der Waals surface area (Å²) in [6.07, 6.45) is 0.0394. The molecular formula is C54H57N9O5S2. The van der Waals surface area contributed by atoms with Gasteiger partial charge in [0, 0.05) is 44.1 Å². The number of fused-ring (bicyclic) bond motifs is 6. The average Bonchev–Trinajstić information content (AvgIpc) is 3.99. The Labute approximate surface area is 416 Å². The number of thiophene rings is 2. The number of carbonyl (C=O) groups excluding carboxylic acids is 3. The van der Waals surface area contributed by atoms with E-state index < -0.39 is 23.3 Å². The minimum Gasteiger partial charge on any atom is -0.460 e. The molecule has 1 amide bonds. The van der Waals surface area contributed by atoms with E-state index in [1.807, 2.05) is 113 Å². The Balaban J connectivity index is 0.910. The molecule has 2 aliphatic heterocycles. The van der Waals surface area contributed by atoms with E-state index in [-0.39, 0.29) is 30.7 Å². The number of aromatic nitrogens is 6. The molecule has 2 atom stereocenters. The van der Waals surface area contributed by atoms with Gasteiger partial charge in [0.05, 0.1) is 24.3 Å². The zero-order valence-electron chi connectivity index (χ0n) is 41.6. The second-order valence-electron chi connectivity index (χ2n) is 19.9. The molecule has 4 aromatic heterocycles. The van der Waals surface area contributed by atoms with Crippen molar-refractivity contribution < 1.29 is 23.9 Å². The van der Waals surface area contributed by atoms with Gasteiger partial charge in [-0.3, -0.25) is 33.5 Å². The standard InChI is InChI=1S/C54H57N9O5S2/c1-28-30(3)69-51-44(28)46(56-40(25-42(64)67-53(7,8)9)48-60-58-32(5)62(48)51)37-15-13-34(14-16-37)27-55-50(66)39-23-19-36(20-24-39)35-17-21-38(22-18-35)47-45-29(2)31(4)70-52(45)63-33(6)59-61-49(63)41(57-47)26-43(65)68-54(10,11)12/h13-24,40-41H,25-27H2,1-12H3,(H,55,66)/t40-,41-/m0/s1. The predicted molar refractivity (Wildman–Crippen MR) is 274 cm³/mol. The Hall–Kier alpha value is -6.91. The van der Waals surface area contributed by atoms with Crippen LogP contribution in [0, 0.1) is 41.5 Å². The van der Waals surface area contributed by atoms with Crippen LogP contribution >= 0.6 is 22.7 Å². The van der Waals surface area contributed by atoms with Crippen molar-refractivity contribution in [3.8, 4) is 21.1 Å². The molecule has 14 nitrogen and oxygen atoms in total. The van der Waals surface area contributed by atoms with Gasteiger partial charge in [-0.2, -0.15) is 0 Å². The van der Waals surface area contributed by atoms with Gasteiger partial charge in [-0.15, -0.1) is 43.1 Å². The summed E-state index contributed by atoms with van der Waals surface area (Å²) in [6.45, 7) is 23.7. The minimum absolute atomic E-state index is 0.0163. The zero-order valence-corrected chi connectivity index (χ0v) is 43.3. The van der Waals surface area contributed by atoms with Crippen molar-refractivity contribution in [3.05, 3.63) is 150 Å². The van der Waals surface area contributed by atoms with Crippen molar-refractivity contribution >= 4 is 51.9 Å². The molecule has 16 heteroatoms. The number of esters is 2. The quantitative estimate of drug-likeness (QED) is 0.131. The Kier molecular flexibility index (Phi) is 12.7. The van der Waals surface area contributed by atoms with Crippen LogP contribution in [0.3, 0.4) is 0 Å². The molecule has 0 spiro atoms. The number of nitrogens with zero attached hydrogens (tertiary/aromatic N) is 8. The van der Waals surface area contributed by atoms with E-state index in [0.717, 1.165) is 88.0 Å². The SMILES string of the molecule is Cc1sc2c(c1C)C(c1ccc(CNC(=O)c3ccc(-c4ccc(C5=N[C@@H](CC(=O)OC(C)(C)C)c6nnc(C)n6-c6sc(C)c(C)c65)cc4)cc3)cc1)=N[C@@H](CC(=O)OC(C)(C)C)c1nnc(C)n1-2. The molecule has 70 heavy (non-hydrogen) atoms. The molecule has 1 N–H and O–H groups in total. The van der Waals surface area contributed by atoms with Crippen LogP contribution < -0.4 is 5.32 Å². The van der Waals surface area contributed by atoms with Gasteiger partial charge in [0.2, 0.25) is 0 Å². The molecule has 0 radical (unpaired) electrons. The van der Waals surface area contributed by atoms with Crippen LogP contribution in [0.2, 0.25) is 0 Å². The fourth-order valence-corrected chi connectivity index (χ4v) is 11.3. The third-order valence-electron chi connectivity index (χ3n) is 12.4. The summed E-state index contributed by atoms with van der Waals surface area (Å²) in [7, 11) is 0. The Morgan fingerprint density at radius 1 is 0.557 bits per heavy atom. The second kappa shape index (κ2) is 18.4. The molecular weight excluding hydrogens is 919 g/mol. The first-order chi connectivity index (χ1) is 33.1. The summed E-state index contributed by atoms with van der Waals surface area (Å²) in [6, 6.07) is 22.6. The Bertz CT molecular complexity index is 3250. The molecule has 0 fully saturated rings. The van der Waals surface area contributed by atoms with Gasteiger partial charge >= 0.3 is 11.9 Å². The zero-order chi connectivity index (χ0) is 50.0. The van der Waals surface area contributed by atoms with Crippen LogP contribution in [0.1, 0.15) is 149 Å². The van der Waals surface area contributed by atoms with Crippen LogP contribution in [-0.2, 0) is 25.6 Å². The third kappa shape index (κ3) is 9.54. The van der Waals surface area contributed by atoms with Crippen molar-refractivity contribution in [2.24, 2.45) is 9.98 Å². The third-order valence-corrected chi connectivity index (χ3v) is 14.7. The smallest absolute Gasteiger partial charge is 0.308 e. The van der Waals surface area contributed by atoms with E-state index in [4.69, 9.17) is 19.5 Å². The largest absolute Gasteiger partial charge is 0.460 e. The maximum absolute atomic E-state index is 13.5. The first-order valence-electron chi connectivity index (χ1n) is 23.4. The number of hydrogen-bond donors (Lipinski definition) is 1. The lowest BCUT2D eigenvalue weighted by atomic mass is 9.96. The Morgan fingerprint density at radius 2 is 0.943 bits per heavy atom. The van der Waals surface area contributed by atoms with E-state index in [1.165, 1.54) is 4.88 Å². The lowest BCUT2D eigenvalue weighted by Crippen LogP contribution is -2.25. The van der Waals surface area contributed by atoms with Crippen molar-refractivity contribution in [2.45, 2.75) is 126 Å². The fourth-order valence-electron chi connectivity index (χ4n) is 8.83. The van der Waals surface area contributed by atoms with Gasteiger partial charge in [0.15, 0.2) is 11.6 Å². The number of ether oxygens (including phenoxy) is 2. The van der Waals surface area contributed by atoms with Crippen LogP contribution in [0.25, 0.3) is 21.1 Å². The molecule has 0 saturated carbocycles. The summed E-state index contributed by atoms with van der Waals surface area (Å²) in [5, 5.41) is 22.9. The van der Waals surface area contributed by atoms with Gasteiger partial charge in [-0.25, -0.2) is 0 Å². The number of hydrogen-bond acceptors (Lipinski definition) is 13. The highest BCUT2D eigenvalue weighted by molar-refractivity contribution is 7.15. The monoisotopic (exact) mass is 975 g/mol. The normalized spacial score (nSPS) is 15.4. The van der Waals surface area contributed by atoms with Gasteiger partial charge < -0.3 is 14.8 Å². The van der Waals surface area contributed by atoms with Gasteiger partial charge in [-0.1, -0.05) is 60.7 Å². The maximum atomic E-state index is 13.5. The number of nitrogens with one attached hydrogen (secondary N) is 1. The predicted octanol–water partition coefficient (Wildman–Crippen LogP) is 10.7. The minimum atomic E-state index is -0.640. The van der Waals surface area contributed by atoms with Crippen molar-refractivity contribution in [1.29, 1.82) is 0 Å². The van der Waals surface area contributed by atoms with Crippen molar-refractivity contribution in [2.75, 3.05) is 0 Å². The highest BCUT2D eigenvalue weighted by Gasteiger charge is 2.35. The molecule has 2 aliphatic rings. The molecule has 3 aromatic carbocycles. The van der Waals surface area contributed by atoms with Crippen molar-refractivity contribution in [1.82, 2.24) is 34.8 Å². The molecule has 0 saturated heterocycles. The number of rotatable bonds is 10. The second-order valence-corrected chi connectivity index (χ2v) is 22.3. The number of aryl methyl sites for hydroxylation is 4. The molecule has 9 rings (SSSR count). The fraction of sp³-hybridized carbons (Fsp3) is 0.352. The molecule has 360 valence electrons. The summed E-state index contributed by atoms with van der Waals surface area (Å²) < 4.78 is 15.5. The molecule has 0 aliphatic carbocycles. The van der Waals surface area contributed by atoms with Gasteiger partial charge in [-0.05, 0) is 123 Å². The van der Waals surface area contributed by atoms with Crippen LogP contribution in [0.5, 0.6) is 0 Å². The summed E-state index contributed by atoms with van der Waals surface area (Å²) in [5.41, 5.74) is 9.69. The number of benzene rings is 3. The van der Waals surface area contributed by atoms with Gasteiger partial charge in [0.25, 0.3) is 5.91 Å². The number of carbonyl (C=O) groups is 3. The lowest BCUT2D eigenvalue weighted by molar-refractivity contribution is -0.156. The summed E-state index contributed by atoms with van der Waals surface area (Å²) >= 11 is 3.32. The van der Waals surface area contributed by atoms with Gasteiger partial charge in [0.1, 0.15) is 44.9 Å². The van der Waals surface area contributed by atoms with E-state index in [9.17, 15) is 14.4 Å². The van der Waals surface area contributed by atoms with E-state index >= 15 is 0 Å². The molecule has 6 heterocycles. The maximum Gasteiger partial charge on any atom is 0.308 e. The lowest BCUT2D eigenvalue weighted by Gasteiger charge is -2.21. The van der Waals surface area contributed by atoms with Crippen LogP contribution in [-0.4, -0.2) is 70.0 Å². The van der Waals surface area contributed by atoms with Crippen molar-refractivity contribution in [3.63, 3.8) is 0 Å². The summed E-state index contributed by atoms with van der Waals surface area (Å²) in [5.74, 6) is 1.76. The highest BCUT2D eigenvalue weighted by atomic mass is 32.1. The van der Waals surface area contributed by atoms with E-state index in [1.54, 1.807) is 22.7 Å². The first-order valence-corrected chi connectivity index (χ1v) is 25.0. The number of amides is 1. The van der Waals surface area contributed by atoms with Crippen LogP contribution in [0.15, 0.2) is 82.8 Å². The average molecular weight is 976 g/mol. The topological polar surface area (TPSA) is 168 Å². The molecule has 7 aromatic rings. The van der Waals surface area contributed by atoms with Crippen LogP contribution in [0.4, 0.5) is 0 Å². The highest BCUT2D eigenvalue weighted by Crippen LogP contribution is 2.42. The molecule has 0 bridgehead atoms. The van der Waals surface area contributed by atoms with E-state index in [0.29, 0.717) is 23.8 Å². The summed E-state index contributed by atoms with van der Waals surface area (Å²) in [4.78, 5) is 52.7. The molecule has 0 unspecified atom stereocenters.